The number of nitrogens with zero attached hydrogens (tertiary/aromatic N) is 4. The molecule has 0 saturated heterocycles. The van der Waals surface area contributed by atoms with Crippen molar-refractivity contribution in [3.8, 4) is 24.3 Å². The van der Waals surface area contributed by atoms with Crippen molar-refractivity contribution >= 4 is 30.9 Å². The Morgan fingerprint density at radius 1 is 1.08 bits per heavy atom. The van der Waals surface area contributed by atoms with Crippen LogP contribution in [-0.2, 0) is 23.3 Å². The highest BCUT2D eigenvalue weighted by Gasteiger charge is 2.08. The first-order chi connectivity index (χ1) is 18.5. The van der Waals surface area contributed by atoms with E-state index in [1.165, 1.54) is 7.11 Å². The third kappa shape index (κ3) is 14.5. The van der Waals surface area contributed by atoms with Crippen LogP contribution in [0.2, 0.25) is 0 Å². The van der Waals surface area contributed by atoms with Gasteiger partial charge in [0, 0.05) is 13.7 Å². The Labute approximate surface area is 228 Å². The summed E-state index contributed by atoms with van der Waals surface area (Å²) < 4.78 is 27.8. The summed E-state index contributed by atoms with van der Waals surface area (Å²) in [6, 6.07) is 7.47. The van der Waals surface area contributed by atoms with E-state index in [0.29, 0.717) is 45.3 Å². The van der Waals surface area contributed by atoms with Crippen molar-refractivity contribution in [3.05, 3.63) is 24.3 Å². The number of unbranched alkanes of at least 4 members (excludes halogenated alkanes) is 3. The van der Waals surface area contributed by atoms with E-state index in [1.54, 1.807) is 4.68 Å². The fraction of sp³-hybridized carbons (Fsp3) is 0.542. The number of tetrazole rings is 1. The van der Waals surface area contributed by atoms with Crippen LogP contribution >= 0.6 is 19.1 Å². The molecule has 2 unspecified atom stereocenters. The van der Waals surface area contributed by atoms with Gasteiger partial charge in [-0.25, -0.2) is 0 Å². The summed E-state index contributed by atoms with van der Waals surface area (Å²) in [4.78, 5) is 20.9. The molecule has 2 N–H and O–H groups in total. The van der Waals surface area contributed by atoms with E-state index in [1.807, 2.05) is 30.5 Å². The lowest BCUT2D eigenvalue weighted by atomic mass is 10.2. The van der Waals surface area contributed by atoms with Gasteiger partial charge in [-0.2, -0.15) is 4.68 Å². The molecule has 0 aliphatic rings. The fourth-order valence-corrected chi connectivity index (χ4v) is 3.90. The average molecular weight is 572 g/mol. The Kier molecular flexibility index (Phi) is 19.0. The zero-order chi connectivity index (χ0) is 28.0. The quantitative estimate of drug-likeness (QED) is 0.106. The van der Waals surface area contributed by atoms with E-state index >= 15 is 0 Å². The summed E-state index contributed by atoms with van der Waals surface area (Å²) in [5.41, 5.74) is 0.841. The molecular formula is C24H38N5O7PS. The molecule has 1 aromatic heterocycles. The van der Waals surface area contributed by atoms with E-state index < -0.39 is 8.60 Å². The van der Waals surface area contributed by atoms with Crippen LogP contribution in [0.1, 0.15) is 25.7 Å². The Hall–Kier alpha value is -2.43. The first kappa shape index (κ1) is 33.6. The second kappa shape index (κ2) is 21.5. The number of amides is 1. The number of ether oxygens (including phenoxy) is 3. The molecule has 12 nitrogen and oxygen atoms in total. The molecule has 1 amide bonds. The second-order valence-corrected chi connectivity index (χ2v) is 10.3. The van der Waals surface area contributed by atoms with Gasteiger partial charge in [0.15, 0.2) is 0 Å². The second-order valence-electron chi connectivity index (χ2n) is 7.54. The molecule has 2 rings (SSSR count). The van der Waals surface area contributed by atoms with Gasteiger partial charge < -0.3 is 33.5 Å². The van der Waals surface area contributed by atoms with Crippen LogP contribution < -0.4 is 10.1 Å². The standard InChI is InChI=1S/C22H36N5O7PS.C2H2/c1-30-35(29)34-13-7-5-4-6-12-23-21(28)18-32-15-14-31-16-17-33-20-10-8-19(9-11-20)27-22(36(2)3)24-25-26-27;1-2/h8-11,29H,2,4-7,12-18H2,1,3H3,(H,23,28);1-2H. The molecule has 212 valence electrons. The van der Waals surface area contributed by atoms with Crippen LogP contribution in [0.3, 0.4) is 0 Å². The molecule has 2 atom stereocenters. The lowest BCUT2D eigenvalue weighted by Crippen LogP contribution is -2.29. The number of hydrogen-bond donors (Lipinski definition) is 2. The van der Waals surface area contributed by atoms with Crippen molar-refractivity contribution in [1.82, 2.24) is 25.5 Å². The Morgan fingerprint density at radius 2 is 1.76 bits per heavy atom. The van der Waals surface area contributed by atoms with Crippen LogP contribution in [0.15, 0.2) is 29.4 Å². The smallest absolute Gasteiger partial charge is 0.329 e. The van der Waals surface area contributed by atoms with Crippen molar-refractivity contribution in [3.63, 3.8) is 0 Å². The Balaban J connectivity index is 0.00000352. The van der Waals surface area contributed by atoms with Crippen molar-refractivity contribution in [1.29, 1.82) is 0 Å². The van der Waals surface area contributed by atoms with Crippen molar-refractivity contribution in [2.75, 3.05) is 59.6 Å². The SMILES string of the molecule is C#C.C=S(C)c1nnnn1-c1ccc(OCCOCCOCC(=O)NCCCCCCOP(O)OC)cc1. The van der Waals surface area contributed by atoms with Crippen LogP contribution in [0.4, 0.5) is 0 Å². The minimum absolute atomic E-state index is 0.00743. The zero-order valence-corrected chi connectivity index (χ0v) is 23.7. The predicted octanol–water partition coefficient (Wildman–Crippen LogP) is 2.57. The molecule has 0 spiro atoms. The number of hydrogen-bond acceptors (Lipinski definition) is 10. The number of nitrogens with one attached hydrogen (secondary N) is 1. The van der Waals surface area contributed by atoms with Crippen molar-refractivity contribution in [2.24, 2.45) is 0 Å². The summed E-state index contributed by atoms with van der Waals surface area (Å²) >= 11 is 0. The van der Waals surface area contributed by atoms with Gasteiger partial charge in [-0.15, -0.1) is 28.4 Å². The van der Waals surface area contributed by atoms with E-state index in [9.17, 15) is 4.79 Å². The fourth-order valence-electron chi connectivity index (χ4n) is 2.90. The molecule has 1 heterocycles. The van der Waals surface area contributed by atoms with Gasteiger partial charge in [-0.3, -0.25) is 4.79 Å². The van der Waals surface area contributed by atoms with Crippen molar-refractivity contribution < 1.29 is 32.9 Å². The van der Waals surface area contributed by atoms with E-state index in [2.05, 4.69) is 44.1 Å². The summed E-state index contributed by atoms with van der Waals surface area (Å²) in [6.07, 6.45) is 13.6. The van der Waals surface area contributed by atoms with Gasteiger partial charge in [0.2, 0.25) is 11.1 Å². The number of carbonyl (C=O) groups excluding carboxylic acids is 1. The minimum Gasteiger partial charge on any atom is -0.491 e. The molecule has 14 heteroatoms. The van der Waals surface area contributed by atoms with Gasteiger partial charge in [0.1, 0.15) is 19.0 Å². The third-order valence-corrected chi connectivity index (χ3v) is 6.28. The number of carbonyl (C=O) groups is 1. The van der Waals surface area contributed by atoms with Crippen LogP contribution in [-0.4, -0.2) is 96.4 Å². The maximum Gasteiger partial charge on any atom is 0.329 e. The lowest BCUT2D eigenvalue weighted by molar-refractivity contribution is -0.126. The summed E-state index contributed by atoms with van der Waals surface area (Å²) in [7, 11) is -0.631. The largest absolute Gasteiger partial charge is 0.491 e. The molecule has 38 heavy (non-hydrogen) atoms. The molecule has 2 aromatic rings. The number of benzene rings is 1. The minimum atomic E-state index is -1.74. The van der Waals surface area contributed by atoms with Gasteiger partial charge in [-0.05, 0) is 53.8 Å². The highest BCUT2D eigenvalue weighted by atomic mass is 32.2. The monoisotopic (exact) mass is 571 g/mol. The molecule has 1 aromatic carbocycles. The van der Waals surface area contributed by atoms with Gasteiger partial charge in [0.05, 0.1) is 32.1 Å². The number of terminal acetylenes is 1. The van der Waals surface area contributed by atoms with Crippen molar-refractivity contribution in [2.45, 2.75) is 30.8 Å². The Morgan fingerprint density at radius 3 is 2.47 bits per heavy atom. The highest BCUT2D eigenvalue weighted by molar-refractivity contribution is 8.13. The Bertz CT molecular complexity index is 946. The first-order valence-electron chi connectivity index (χ1n) is 11.9. The number of rotatable bonds is 20. The third-order valence-electron chi connectivity index (χ3n) is 4.69. The van der Waals surface area contributed by atoms with Crippen LogP contribution in [0, 0.1) is 12.8 Å². The maximum atomic E-state index is 11.8. The zero-order valence-electron chi connectivity index (χ0n) is 22.0. The van der Waals surface area contributed by atoms with Gasteiger partial charge >= 0.3 is 8.60 Å². The number of aromatic nitrogens is 4. The molecule has 0 aliphatic heterocycles. The van der Waals surface area contributed by atoms with E-state index in [4.69, 9.17) is 23.6 Å². The molecule has 0 aliphatic carbocycles. The lowest BCUT2D eigenvalue weighted by Gasteiger charge is -2.09. The van der Waals surface area contributed by atoms with Gasteiger partial charge in [0.25, 0.3) is 0 Å². The van der Waals surface area contributed by atoms with E-state index in [0.717, 1.165) is 36.5 Å². The predicted molar refractivity (Wildman–Crippen MR) is 149 cm³/mol. The topological polar surface area (TPSA) is 139 Å². The summed E-state index contributed by atoms with van der Waals surface area (Å²) in [6.45, 7) is 2.60. The first-order valence-corrected chi connectivity index (χ1v) is 14.8. The molecule has 0 fully saturated rings. The van der Waals surface area contributed by atoms with E-state index in [-0.39, 0.29) is 23.0 Å². The average Bonchev–Trinajstić information content (AvgIpc) is 3.43. The normalized spacial score (nSPS) is 12.2. The molecule has 0 bridgehead atoms. The van der Waals surface area contributed by atoms with Crippen LogP contribution in [0.25, 0.3) is 5.69 Å². The van der Waals surface area contributed by atoms with Crippen LogP contribution in [0.5, 0.6) is 5.75 Å². The van der Waals surface area contributed by atoms with Gasteiger partial charge in [-0.1, -0.05) is 18.7 Å². The molecule has 0 saturated carbocycles. The molecular weight excluding hydrogens is 533 g/mol. The summed E-state index contributed by atoms with van der Waals surface area (Å²) in [5.74, 6) is 4.56. The maximum absolute atomic E-state index is 11.8. The highest BCUT2D eigenvalue weighted by Crippen LogP contribution is 2.31. The molecule has 0 radical (unpaired) electrons. The summed E-state index contributed by atoms with van der Waals surface area (Å²) in [5, 5.41) is 15.3.